The highest BCUT2D eigenvalue weighted by molar-refractivity contribution is 6.02. The molecule has 3 N–H and O–H groups in total. The lowest BCUT2D eigenvalue weighted by Crippen LogP contribution is -2.47. The molecule has 0 fully saturated rings. The zero-order chi connectivity index (χ0) is 32.2. The number of nitrogens with zero attached hydrogens (tertiary/aromatic N) is 2. The van der Waals surface area contributed by atoms with E-state index in [0.29, 0.717) is 42.4 Å². The summed E-state index contributed by atoms with van der Waals surface area (Å²) in [6.45, 7) is 8.24. The van der Waals surface area contributed by atoms with Crippen LogP contribution >= 0.6 is 0 Å². The minimum absolute atomic E-state index is 0.0228. The van der Waals surface area contributed by atoms with Crippen LogP contribution in [-0.4, -0.2) is 78.4 Å². The topological polar surface area (TPSA) is 103 Å². The van der Waals surface area contributed by atoms with Crippen LogP contribution in [0.3, 0.4) is 0 Å². The number of anilines is 2. The standard InChI is InChI=1S/C36H48N4O5/c1-26-22-40(27(2)25-41)35(42)32-21-31(38-36(43)37-30-16-9-6-10-17-30)18-19-33(32)45-28(3)13-11-12-20-44-34(26)24-39(4)23-29-14-7-5-8-15-29/h5-10,14-19,21,26-28,34,41H,11-13,20,22-25H2,1-4H3,(H2,37,38,43)/t26-,27+,28+,34-/m1/s1. The normalized spacial score (nSPS) is 20.4. The van der Waals surface area contributed by atoms with Gasteiger partial charge in [-0.15, -0.1) is 0 Å². The first-order chi connectivity index (χ1) is 21.7. The number of hydrogen-bond acceptors (Lipinski definition) is 6. The van der Waals surface area contributed by atoms with Gasteiger partial charge in [0.25, 0.3) is 5.91 Å². The van der Waals surface area contributed by atoms with E-state index in [1.165, 1.54) is 5.56 Å². The van der Waals surface area contributed by atoms with Crippen molar-refractivity contribution in [3.63, 3.8) is 0 Å². The number of aliphatic hydroxyl groups excluding tert-OH is 1. The van der Waals surface area contributed by atoms with Gasteiger partial charge in [0, 0.05) is 43.5 Å². The third-order valence-corrected chi connectivity index (χ3v) is 8.13. The zero-order valence-corrected chi connectivity index (χ0v) is 26.9. The Morgan fingerprint density at radius 3 is 2.40 bits per heavy atom. The Labute approximate surface area is 267 Å². The number of aliphatic hydroxyl groups is 1. The Kier molecular flexibility index (Phi) is 12.8. The maximum atomic E-state index is 14.3. The molecular weight excluding hydrogens is 568 g/mol. The molecule has 9 nitrogen and oxygen atoms in total. The molecule has 0 saturated carbocycles. The molecule has 0 aromatic heterocycles. The van der Waals surface area contributed by atoms with E-state index >= 15 is 0 Å². The van der Waals surface area contributed by atoms with Crippen LogP contribution < -0.4 is 15.4 Å². The minimum Gasteiger partial charge on any atom is -0.490 e. The summed E-state index contributed by atoms with van der Waals surface area (Å²) in [6, 6.07) is 23.8. The molecule has 1 aliphatic heterocycles. The Hall–Kier alpha value is -3.92. The summed E-state index contributed by atoms with van der Waals surface area (Å²) in [7, 11) is 2.09. The molecule has 3 aromatic carbocycles. The van der Waals surface area contributed by atoms with Gasteiger partial charge in [0.05, 0.1) is 30.4 Å². The highest BCUT2D eigenvalue weighted by atomic mass is 16.5. The smallest absolute Gasteiger partial charge is 0.323 e. The van der Waals surface area contributed by atoms with Gasteiger partial charge in [-0.05, 0) is 76.1 Å². The molecule has 4 rings (SSSR count). The van der Waals surface area contributed by atoms with Crippen LogP contribution in [-0.2, 0) is 11.3 Å². The van der Waals surface area contributed by atoms with Crippen LogP contribution in [0.2, 0.25) is 0 Å². The Morgan fingerprint density at radius 1 is 1.00 bits per heavy atom. The predicted molar refractivity (Wildman–Crippen MR) is 179 cm³/mol. The second kappa shape index (κ2) is 17.0. The van der Waals surface area contributed by atoms with Crippen molar-refractivity contribution in [1.82, 2.24) is 9.80 Å². The van der Waals surface area contributed by atoms with Crippen LogP contribution in [0.5, 0.6) is 5.75 Å². The fourth-order valence-electron chi connectivity index (χ4n) is 5.54. The number of rotatable bonds is 8. The number of likely N-dealkylation sites (N-methyl/N-ethyl adjacent to an activating group) is 1. The van der Waals surface area contributed by atoms with Gasteiger partial charge < -0.3 is 30.1 Å². The van der Waals surface area contributed by atoms with Gasteiger partial charge in [0.1, 0.15) is 5.75 Å². The highest BCUT2D eigenvalue weighted by Gasteiger charge is 2.30. The van der Waals surface area contributed by atoms with Crippen molar-refractivity contribution in [3.05, 3.63) is 90.0 Å². The lowest BCUT2D eigenvalue weighted by molar-refractivity contribution is -0.0177. The highest BCUT2D eigenvalue weighted by Crippen LogP contribution is 2.29. The number of benzene rings is 3. The zero-order valence-electron chi connectivity index (χ0n) is 26.9. The fraction of sp³-hybridized carbons (Fsp3) is 0.444. The maximum Gasteiger partial charge on any atom is 0.323 e. The maximum absolute atomic E-state index is 14.3. The van der Waals surface area contributed by atoms with Crippen LogP contribution in [0.1, 0.15) is 56.0 Å². The molecule has 45 heavy (non-hydrogen) atoms. The van der Waals surface area contributed by atoms with Crippen molar-refractivity contribution in [2.45, 2.75) is 64.8 Å². The van der Waals surface area contributed by atoms with Crippen LogP contribution in [0.4, 0.5) is 16.2 Å². The predicted octanol–water partition coefficient (Wildman–Crippen LogP) is 6.26. The van der Waals surface area contributed by atoms with E-state index in [1.807, 2.05) is 50.2 Å². The lowest BCUT2D eigenvalue weighted by Gasteiger charge is -2.36. The molecule has 0 aliphatic carbocycles. The molecule has 1 aliphatic rings. The van der Waals surface area contributed by atoms with E-state index in [2.05, 4.69) is 41.6 Å². The summed E-state index contributed by atoms with van der Waals surface area (Å²) in [5, 5.41) is 15.9. The quantitative estimate of drug-likeness (QED) is 0.276. The van der Waals surface area contributed by atoms with Crippen molar-refractivity contribution in [2.75, 3.05) is 44.0 Å². The summed E-state index contributed by atoms with van der Waals surface area (Å²) >= 11 is 0. The molecular formula is C36H48N4O5. The first-order valence-electron chi connectivity index (χ1n) is 15.9. The average Bonchev–Trinajstić information content (AvgIpc) is 3.03. The molecule has 0 saturated heterocycles. The summed E-state index contributed by atoms with van der Waals surface area (Å²) in [4.78, 5) is 31.0. The molecule has 9 heteroatoms. The van der Waals surface area contributed by atoms with Gasteiger partial charge in [-0.3, -0.25) is 9.69 Å². The van der Waals surface area contributed by atoms with Gasteiger partial charge in [-0.25, -0.2) is 4.79 Å². The first-order valence-corrected chi connectivity index (χ1v) is 15.9. The second-order valence-electron chi connectivity index (χ2n) is 12.1. The third kappa shape index (κ3) is 10.3. The van der Waals surface area contributed by atoms with Crippen molar-refractivity contribution < 1.29 is 24.2 Å². The van der Waals surface area contributed by atoms with Gasteiger partial charge >= 0.3 is 6.03 Å². The number of ether oxygens (including phenoxy) is 2. The summed E-state index contributed by atoms with van der Waals surface area (Å²) < 4.78 is 12.8. The molecule has 242 valence electrons. The molecule has 0 radical (unpaired) electrons. The number of nitrogens with one attached hydrogen (secondary N) is 2. The van der Waals surface area contributed by atoms with E-state index in [0.717, 1.165) is 25.8 Å². The van der Waals surface area contributed by atoms with Crippen LogP contribution in [0.25, 0.3) is 0 Å². The molecule has 4 atom stereocenters. The molecule has 3 amide bonds. The van der Waals surface area contributed by atoms with E-state index in [-0.39, 0.29) is 30.6 Å². The molecule has 0 spiro atoms. The van der Waals surface area contributed by atoms with Gasteiger partial charge in [0.2, 0.25) is 0 Å². The SMILES string of the molecule is C[C@@H]1CN([C@@H](C)CO)C(=O)c2cc(NC(=O)Nc3ccccc3)ccc2O[C@@H](C)CCCCO[C@@H]1CN(C)Cc1ccccc1. The lowest BCUT2D eigenvalue weighted by atomic mass is 10.0. The number of urea groups is 1. The third-order valence-electron chi connectivity index (χ3n) is 8.13. The monoisotopic (exact) mass is 616 g/mol. The van der Waals surface area contributed by atoms with E-state index in [4.69, 9.17) is 9.47 Å². The van der Waals surface area contributed by atoms with Crippen molar-refractivity contribution in [2.24, 2.45) is 5.92 Å². The van der Waals surface area contributed by atoms with E-state index < -0.39 is 12.1 Å². The van der Waals surface area contributed by atoms with Crippen molar-refractivity contribution >= 4 is 23.3 Å². The molecule has 0 bridgehead atoms. The largest absolute Gasteiger partial charge is 0.490 e. The van der Waals surface area contributed by atoms with Crippen molar-refractivity contribution in [3.8, 4) is 5.75 Å². The number of carbonyl (C=O) groups excluding carboxylic acids is 2. The minimum atomic E-state index is -0.446. The van der Waals surface area contributed by atoms with Gasteiger partial charge in [-0.1, -0.05) is 55.5 Å². The number of carbonyl (C=O) groups is 2. The van der Waals surface area contributed by atoms with Crippen LogP contribution in [0, 0.1) is 5.92 Å². The molecule has 3 aromatic rings. The first kappa shape index (κ1) is 34.0. The number of para-hydroxylation sites is 1. The summed E-state index contributed by atoms with van der Waals surface area (Å²) in [6.07, 6.45) is 2.39. The van der Waals surface area contributed by atoms with Gasteiger partial charge in [0.15, 0.2) is 0 Å². The summed E-state index contributed by atoms with van der Waals surface area (Å²) in [5.74, 6) is 0.160. The number of hydrogen-bond donors (Lipinski definition) is 3. The number of fused-ring (bicyclic) bond motifs is 1. The summed E-state index contributed by atoms with van der Waals surface area (Å²) in [5.41, 5.74) is 2.68. The van der Waals surface area contributed by atoms with E-state index in [1.54, 1.807) is 35.2 Å². The Bertz CT molecular complexity index is 1360. The molecule has 0 unspecified atom stereocenters. The average molecular weight is 617 g/mol. The Balaban J connectivity index is 1.59. The van der Waals surface area contributed by atoms with Gasteiger partial charge in [-0.2, -0.15) is 0 Å². The fourth-order valence-corrected chi connectivity index (χ4v) is 5.54. The molecule has 1 heterocycles. The second-order valence-corrected chi connectivity index (χ2v) is 12.1. The Morgan fingerprint density at radius 2 is 1.69 bits per heavy atom. The van der Waals surface area contributed by atoms with Crippen LogP contribution in [0.15, 0.2) is 78.9 Å². The van der Waals surface area contributed by atoms with Crippen molar-refractivity contribution in [1.29, 1.82) is 0 Å². The van der Waals surface area contributed by atoms with E-state index in [9.17, 15) is 14.7 Å². The number of amides is 3.